The van der Waals surface area contributed by atoms with Gasteiger partial charge in [0.2, 0.25) is 5.91 Å². The van der Waals surface area contributed by atoms with E-state index in [4.69, 9.17) is 4.74 Å². The summed E-state index contributed by atoms with van der Waals surface area (Å²) in [4.78, 5) is 38.6. The van der Waals surface area contributed by atoms with Crippen LogP contribution < -0.4 is 15.0 Å². The lowest BCUT2D eigenvalue weighted by atomic mass is 10.0. The number of hydrogen-bond acceptors (Lipinski definition) is 4. The van der Waals surface area contributed by atoms with Crippen LogP contribution in [0.2, 0.25) is 0 Å². The van der Waals surface area contributed by atoms with Crippen molar-refractivity contribution in [3.05, 3.63) is 53.6 Å². The van der Waals surface area contributed by atoms with Crippen LogP contribution in [0.15, 0.2) is 42.5 Å². The number of benzene rings is 2. The van der Waals surface area contributed by atoms with Crippen molar-refractivity contribution < 1.29 is 24.2 Å². The standard InChI is InChI=1S/C21H22N2O5/c1-12-7-5-6-8-15(12)22-18(24)13(2)23-16-11-14(19(25)26)9-10-17(16)28-21(3,4)20(23)27/h5-11,13H,1-4H3,(H,22,24)(H,25,26). The summed E-state index contributed by atoms with van der Waals surface area (Å²) in [5, 5.41) is 12.1. The van der Waals surface area contributed by atoms with Gasteiger partial charge in [-0.25, -0.2) is 4.79 Å². The lowest BCUT2D eigenvalue weighted by Crippen LogP contribution is -2.58. The minimum absolute atomic E-state index is 0.00590. The molecule has 1 aliphatic rings. The quantitative estimate of drug-likeness (QED) is 0.846. The number of nitrogens with one attached hydrogen (secondary N) is 1. The van der Waals surface area contributed by atoms with Crippen molar-refractivity contribution in [3.8, 4) is 5.75 Å². The molecule has 1 atom stereocenters. The lowest BCUT2D eigenvalue weighted by Gasteiger charge is -2.41. The molecule has 146 valence electrons. The number of anilines is 2. The van der Waals surface area contributed by atoms with E-state index in [1.807, 2.05) is 25.1 Å². The third-order valence-corrected chi connectivity index (χ3v) is 4.73. The molecule has 7 heteroatoms. The predicted octanol–water partition coefficient (Wildman–Crippen LogP) is 3.22. The van der Waals surface area contributed by atoms with Crippen LogP contribution in [0.4, 0.5) is 11.4 Å². The molecule has 0 aliphatic carbocycles. The zero-order valence-corrected chi connectivity index (χ0v) is 16.1. The summed E-state index contributed by atoms with van der Waals surface area (Å²) >= 11 is 0. The van der Waals surface area contributed by atoms with Gasteiger partial charge < -0.3 is 15.2 Å². The first-order chi connectivity index (χ1) is 13.1. The Bertz CT molecular complexity index is 967. The topological polar surface area (TPSA) is 95.9 Å². The van der Waals surface area contributed by atoms with Crippen molar-refractivity contribution in [3.63, 3.8) is 0 Å². The summed E-state index contributed by atoms with van der Waals surface area (Å²) < 4.78 is 5.75. The molecule has 0 spiro atoms. The second-order valence-electron chi connectivity index (χ2n) is 7.26. The van der Waals surface area contributed by atoms with Crippen LogP contribution in [-0.2, 0) is 9.59 Å². The van der Waals surface area contributed by atoms with Crippen LogP contribution >= 0.6 is 0 Å². The van der Waals surface area contributed by atoms with E-state index in [2.05, 4.69) is 5.32 Å². The van der Waals surface area contributed by atoms with E-state index in [0.717, 1.165) is 5.56 Å². The van der Waals surface area contributed by atoms with E-state index in [0.29, 0.717) is 11.4 Å². The first-order valence-corrected chi connectivity index (χ1v) is 8.88. The maximum Gasteiger partial charge on any atom is 0.335 e. The van der Waals surface area contributed by atoms with Gasteiger partial charge >= 0.3 is 5.97 Å². The van der Waals surface area contributed by atoms with Crippen LogP contribution in [0.3, 0.4) is 0 Å². The van der Waals surface area contributed by atoms with Crippen LogP contribution in [-0.4, -0.2) is 34.5 Å². The first kappa shape index (κ1) is 19.4. The molecule has 2 amide bonds. The average Bonchev–Trinajstić information content (AvgIpc) is 2.63. The first-order valence-electron chi connectivity index (χ1n) is 8.88. The van der Waals surface area contributed by atoms with Crippen LogP contribution in [0.1, 0.15) is 36.7 Å². The maximum atomic E-state index is 13.0. The van der Waals surface area contributed by atoms with Gasteiger partial charge in [0.25, 0.3) is 5.91 Å². The molecule has 1 aliphatic heterocycles. The zero-order valence-electron chi connectivity index (χ0n) is 16.1. The van der Waals surface area contributed by atoms with Gasteiger partial charge in [0.15, 0.2) is 5.60 Å². The summed E-state index contributed by atoms with van der Waals surface area (Å²) in [6, 6.07) is 10.7. The fraction of sp³-hybridized carbons (Fsp3) is 0.286. The highest BCUT2D eigenvalue weighted by Crippen LogP contribution is 2.39. The van der Waals surface area contributed by atoms with Gasteiger partial charge in [-0.2, -0.15) is 0 Å². The molecule has 0 saturated carbocycles. The Hall–Kier alpha value is -3.35. The molecule has 7 nitrogen and oxygen atoms in total. The summed E-state index contributed by atoms with van der Waals surface area (Å²) in [6.45, 7) is 6.70. The van der Waals surface area contributed by atoms with Crippen molar-refractivity contribution in [1.29, 1.82) is 0 Å². The molecule has 2 aromatic rings. The van der Waals surface area contributed by atoms with Gasteiger partial charge in [-0.1, -0.05) is 18.2 Å². The summed E-state index contributed by atoms with van der Waals surface area (Å²) in [5.74, 6) is -1.58. The number of carbonyl (C=O) groups is 3. The molecule has 0 fully saturated rings. The number of hydrogen-bond donors (Lipinski definition) is 2. The predicted molar refractivity (Wildman–Crippen MR) is 105 cm³/mol. The van der Waals surface area contributed by atoms with Crippen molar-refractivity contribution >= 4 is 29.2 Å². The Morgan fingerprint density at radius 3 is 2.50 bits per heavy atom. The number of nitrogens with zero attached hydrogens (tertiary/aromatic N) is 1. The van der Waals surface area contributed by atoms with E-state index in [1.54, 1.807) is 26.8 Å². The molecule has 1 unspecified atom stereocenters. The Morgan fingerprint density at radius 1 is 1.18 bits per heavy atom. The summed E-state index contributed by atoms with van der Waals surface area (Å²) in [7, 11) is 0. The van der Waals surface area contributed by atoms with Gasteiger partial charge in [0.1, 0.15) is 11.8 Å². The number of carbonyl (C=O) groups excluding carboxylic acids is 2. The normalized spacial score (nSPS) is 16.0. The average molecular weight is 382 g/mol. The van der Waals surface area contributed by atoms with Gasteiger partial charge in [-0.3, -0.25) is 14.5 Å². The van der Waals surface area contributed by atoms with Gasteiger partial charge in [-0.15, -0.1) is 0 Å². The van der Waals surface area contributed by atoms with Crippen molar-refractivity contribution in [1.82, 2.24) is 0 Å². The Kier molecular flexibility index (Phi) is 4.85. The molecule has 2 N–H and O–H groups in total. The SMILES string of the molecule is Cc1ccccc1NC(=O)C(C)N1C(=O)C(C)(C)Oc2ccc(C(=O)O)cc21. The van der Waals surface area contributed by atoms with Gasteiger partial charge in [-0.05, 0) is 57.5 Å². The van der Waals surface area contributed by atoms with E-state index < -0.39 is 23.5 Å². The van der Waals surface area contributed by atoms with Gasteiger partial charge in [0, 0.05) is 5.69 Å². The van der Waals surface area contributed by atoms with Crippen molar-refractivity contribution in [2.45, 2.75) is 39.3 Å². The second kappa shape index (κ2) is 6.99. The highest BCUT2D eigenvalue weighted by Gasteiger charge is 2.44. The Morgan fingerprint density at radius 2 is 1.86 bits per heavy atom. The minimum atomic E-state index is -1.19. The number of para-hydroxylation sites is 1. The number of ether oxygens (including phenoxy) is 1. The van der Waals surface area contributed by atoms with E-state index in [1.165, 1.54) is 23.1 Å². The molecule has 0 aromatic heterocycles. The number of fused-ring (bicyclic) bond motifs is 1. The van der Waals surface area contributed by atoms with Crippen LogP contribution in [0.25, 0.3) is 0 Å². The van der Waals surface area contributed by atoms with E-state index >= 15 is 0 Å². The molecule has 0 saturated heterocycles. The fourth-order valence-corrected chi connectivity index (χ4v) is 3.10. The number of rotatable bonds is 4. The molecule has 1 heterocycles. The molecule has 0 radical (unpaired) electrons. The van der Waals surface area contributed by atoms with Crippen molar-refractivity contribution in [2.24, 2.45) is 0 Å². The van der Waals surface area contributed by atoms with E-state index in [-0.39, 0.29) is 17.2 Å². The number of aryl methyl sites for hydroxylation is 1. The second-order valence-corrected chi connectivity index (χ2v) is 7.26. The molecule has 3 rings (SSSR count). The Balaban J connectivity index is 2.00. The van der Waals surface area contributed by atoms with Gasteiger partial charge in [0.05, 0.1) is 11.3 Å². The molecule has 28 heavy (non-hydrogen) atoms. The van der Waals surface area contributed by atoms with Crippen LogP contribution in [0.5, 0.6) is 5.75 Å². The molecular formula is C21H22N2O5. The lowest BCUT2D eigenvalue weighted by molar-refractivity contribution is -0.134. The third-order valence-electron chi connectivity index (χ3n) is 4.73. The maximum absolute atomic E-state index is 13.0. The number of amides is 2. The minimum Gasteiger partial charge on any atom is -0.478 e. The smallest absolute Gasteiger partial charge is 0.335 e. The highest BCUT2D eigenvalue weighted by molar-refractivity contribution is 6.10. The highest BCUT2D eigenvalue weighted by atomic mass is 16.5. The third kappa shape index (κ3) is 3.43. The molecule has 0 bridgehead atoms. The molecular weight excluding hydrogens is 360 g/mol. The van der Waals surface area contributed by atoms with Crippen LogP contribution in [0, 0.1) is 6.92 Å². The monoisotopic (exact) mass is 382 g/mol. The Labute approximate surface area is 162 Å². The summed E-state index contributed by atoms with van der Waals surface area (Å²) in [5.41, 5.74) is 0.627. The fourth-order valence-electron chi connectivity index (χ4n) is 3.10. The van der Waals surface area contributed by atoms with Crippen molar-refractivity contribution in [2.75, 3.05) is 10.2 Å². The molecule has 2 aromatic carbocycles. The zero-order chi connectivity index (χ0) is 20.6. The van der Waals surface area contributed by atoms with E-state index in [9.17, 15) is 19.5 Å². The summed E-state index contributed by atoms with van der Waals surface area (Å²) in [6.07, 6.45) is 0. The number of carboxylic acid groups (broad SMARTS) is 1. The number of aromatic carboxylic acids is 1. The number of carboxylic acids is 1. The largest absolute Gasteiger partial charge is 0.478 e.